The Labute approximate surface area is 121 Å². The van der Waals surface area contributed by atoms with Gasteiger partial charge in [0.15, 0.2) is 0 Å². The van der Waals surface area contributed by atoms with Gasteiger partial charge in [0.05, 0.1) is 0 Å². The summed E-state index contributed by atoms with van der Waals surface area (Å²) < 4.78 is 2.41. The number of hydrogen-bond donors (Lipinski definition) is 0. The summed E-state index contributed by atoms with van der Waals surface area (Å²) in [6, 6.07) is 1.01. The number of fused-ring (bicyclic) bond motifs is 2. The molecule has 0 aromatic carbocycles. The molecule has 0 spiro atoms. The van der Waals surface area contributed by atoms with Crippen molar-refractivity contribution in [2.75, 3.05) is 19.3 Å². The molecule has 3 saturated heterocycles. The average Bonchev–Trinajstić information content (AvgIpc) is 2.37. The molecular weight excluding hydrogens is 256 g/mol. The van der Waals surface area contributed by atoms with E-state index in [4.69, 9.17) is 0 Å². The third-order valence-corrected chi connectivity index (χ3v) is 6.04. The fraction of sp³-hybridized carbons (Fsp3) is 0.933. The second-order valence-electron chi connectivity index (χ2n) is 7.28. The molecule has 3 aliphatic heterocycles. The summed E-state index contributed by atoms with van der Waals surface area (Å²) in [7, 11) is 0. The molecule has 1 saturated carbocycles. The number of nitrogens with zero attached hydrogens (tertiary/aromatic N) is 2. The van der Waals surface area contributed by atoms with Crippen LogP contribution in [0.5, 0.6) is 0 Å². The quantitative estimate of drug-likeness (QED) is 0.728. The molecule has 0 N–H and O–H groups in total. The van der Waals surface area contributed by atoms with Crippen molar-refractivity contribution < 1.29 is 4.79 Å². The summed E-state index contributed by atoms with van der Waals surface area (Å²) in [5.74, 6) is 0.768. The van der Waals surface area contributed by atoms with Crippen LogP contribution in [-0.4, -0.2) is 46.5 Å². The molecule has 3 heterocycles. The Morgan fingerprint density at radius 3 is 2.53 bits per heavy atom. The highest BCUT2D eigenvalue weighted by Gasteiger charge is 2.49. The van der Waals surface area contributed by atoms with Crippen LogP contribution in [0.3, 0.4) is 0 Å². The van der Waals surface area contributed by atoms with Crippen LogP contribution in [0, 0.1) is 11.3 Å². The Hall–Kier alpha value is -0.220. The first-order valence-corrected chi connectivity index (χ1v) is 8.79. The highest BCUT2D eigenvalue weighted by atomic mass is 32.2. The van der Waals surface area contributed by atoms with Gasteiger partial charge in [0.1, 0.15) is 0 Å². The van der Waals surface area contributed by atoms with E-state index in [1.54, 1.807) is 0 Å². The summed E-state index contributed by atoms with van der Waals surface area (Å²) in [5, 5.41) is 0. The summed E-state index contributed by atoms with van der Waals surface area (Å²) in [4.78, 5) is 15.0. The summed E-state index contributed by atoms with van der Waals surface area (Å²) in [6.07, 6.45) is 8.09. The lowest BCUT2D eigenvalue weighted by Gasteiger charge is -2.57. The number of piperidine rings is 1. The van der Waals surface area contributed by atoms with Crippen molar-refractivity contribution in [2.45, 2.75) is 58.0 Å². The minimum absolute atomic E-state index is 0.301. The number of piperazine rings is 1. The molecule has 108 valence electrons. The van der Waals surface area contributed by atoms with E-state index in [0.29, 0.717) is 29.3 Å². The van der Waals surface area contributed by atoms with Crippen molar-refractivity contribution in [1.29, 1.82) is 0 Å². The number of rotatable bonds is 2. The maximum absolute atomic E-state index is 12.8. The third kappa shape index (κ3) is 2.54. The van der Waals surface area contributed by atoms with Gasteiger partial charge < -0.3 is 4.90 Å². The van der Waals surface area contributed by atoms with Gasteiger partial charge >= 0.3 is 0 Å². The largest absolute Gasteiger partial charge is 0.334 e. The Bertz CT molecular complexity index is 359. The van der Waals surface area contributed by atoms with Crippen molar-refractivity contribution in [3.05, 3.63) is 0 Å². The first-order valence-electron chi connectivity index (χ1n) is 7.61. The molecule has 19 heavy (non-hydrogen) atoms. The van der Waals surface area contributed by atoms with Gasteiger partial charge in [0.25, 0.3) is 0 Å². The Morgan fingerprint density at radius 2 is 1.95 bits per heavy atom. The van der Waals surface area contributed by atoms with Crippen molar-refractivity contribution >= 4 is 17.9 Å². The van der Waals surface area contributed by atoms with Gasteiger partial charge in [0.2, 0.25) is 5.91 Å². The van der Waals surface area contributed by atoms with E-state index in [9.17, 15) is 4.79 Å². The van der Waals surface area contributed by atoms with Gasteiger partial charge in [-0.05, 0) is 37.4 Å². The van der Waals surface area contributed by atoms with E-state index < -0.39 is 0 Å². The Balaban J connectivity index is 1.63. The highest BCUT2D eigenvalue weighted by Crippen LogP contribution is 2.42. The number of hydrogen-bond acceptors (Lipinski definition) is 3. The van der Waals surface area contributed by atoms with Gasteiger partial charge in [-0.1, -0.05) is 32.2 Å². The van der Waals surface area contributed by atoms with Crippen LogP contribution in [0.2, 0.25) is 0 Å². The van der Waals surface area contributed by atoms with Crippen molar-refractivity contribution in [1.82, 2.24) is 9.21 Å². The normalized spacial score (nSPS) is 37.8. The van der Waals surface area contributed by atoms with Gasteiger partial charge in [-0.25, -0.2) is 4.31 Å². The first-order chi connectivity index (χ1) is 9.00. The van der Waals surface area contributed by atoms with Gasteiger partial charge in [-0.15, -0.1) is 0 Å². The lowest BCUT2D eigenvalue weighted by Crippen LogP contribution is -2.69. The van der Waals surface area contributed by atoms with E-state index in [2.05, 4.69) is 29.3 Å². The van der Waals surface area contributed by atoms with E-state index in [1.807, 2.05) is 11.9 Å². The van der Waals surface area contributed by atoms with E-state index in [1.165, 1.54) is 19.3 Å². The van der Waals surface area contributed by atoms with Gasteiger partial charge in [-0.3, -0.25) is 4.79 Å². The van der Waals surface area contributed by atoms with Crippen LogP contribution >= 0.6 is 11.9 Å². The van der Waals surface area contributed by atoms with Crippen molar-refractivity contribution in [3.8, 4) is 0 Å². The number of amides is 1. The SMILES string of the molecule is CSN1CC2CC(C1)N2C(=O)C1CCCC(C)(C)C1. The van der Waals surface area contributed by atoms with Crippen LogP contribution in [-0.2, 0) is 4.79 Å². The predicted octanol–water partition coefficient (Wildman–Crippen LogP) is 2.77. The van der Waals surface area contributed by atoms with Crippen molar-refractivity contribution in [3.63, 3.8) is 0 Å². The standard InChI is InChI=1S/C15H26N2OS/c1-15(2)6-4-5-11(8-15)14(18)17-12-7-13(17)10-16(9-12)19-3/h11-13H,4-10H2,1-3H3. The zero-order valence-corrected chi connectivity index (χ0v) is 13.2. The lowest BCUT2D eigenvalue weighted by atomic mass is 9.71. The molecule has 3 unspecified atom stereocenters. The Morgan fingerprint density at radius 1 is 1.26 bits per heavy atom. The van der Waals surface area contributed by atoms with Gasteiger partial charge in [-0.2, -0.15) is 0 Å². The lowest BCUT2D eigenvalue weighted by molar-refractivity contribution is -0.157. The molecule has 4 aliphatic rings. The molecule has 1 amide bonds. The smallest absolute Gasteiger partial charge is 0.226 e. The van der Waals surface area contributed by atoms with E-state index >= 15 is 0 Å². The third-order valence-electron chi connectivity index (χ3n) is 5.23. The molecule has 3 atom stereocenters. The number of carbonyl (C=O) groups excluding carboxylic acids is 1. The molecule has 0 radical (unpaired) electrons. The zero-order valence-electron chi connectivity index (χ0n) is 12.4. The summed E-state index contributed by atoms with van der Waals surface area (Å²) in [5.41, 5.74) is 0.365. The second kappa shape index (κ2) is 4.96. The van der Waals surface area contributed by atoms with Crippen LogP contribution < -0.4 is 0 Å². The average molecular weight is 282 g/mol. The summed E-state index contributed by atoms with van der Waals surface area (Å²) in [6.45, 7) is 6.77. The fourth-order valence-corrected chi connectivity index (χ4v) is 4.84. The first kappa shape index (κ1) is 13.7. The molecule has 4 fully saturated rings. The maximum atomic E-state index is 12.8. The van der Waals surface area contributed by atoms with Crippen LogP contribution in [0.15, 0.2) is 0 Å². The monoisotopic (exact) mass is 282 g/mol. The van der Waals surface area contributed by atoms with Crippen LogP contribution in [0.4, 0.5) is 0 Å². The molecular formula is C15H26N2OS. The topological polar surface area (TPSA) is 23.6 Å². The number of carbonyl (C=O) groups is 1. The molecule has 2 bridgehead atoms. The molecule has 0 aromatic heterocycles. The fourth-order valence-electron chi connectivity index (χ4n) is 4.20. The highest BCUT2D eigenvalue weighted by molar-refractivity contribution is 7.96. The molecule has 4 rings (SSSR count). The molecule has 3 nitrogen and oxygen atoms in total. The second-order valence-corrected chi connectivity index (χ2v) is 8.16. The minimum atomic E-state index is 0.301. The Kier molecular flexibility index (Phi) is 3.59. The van der Waals surface area contributed by atoms with Gasteiger partial charge in [0, 0.05) is 31.1 Å². The summed E-state index contributed by atoms with van der Waals surface area (Å²) >= 11 is 1.82. The molecule has 1 aliphatic carbocycles. The predicted molar refractivity (Wildman–Crippen MR) is 79.9 cm³/mol. The van der Waals surface area contributed by atoms with E-state index in [0.717, 1.165) is 25.9 Å². The molecule has 4 heteroatoms. The van der Waals surface area contributed by atoms with Crippen LogP contribution in [0.1, 0.15) is 46.0 Å². The van der Waals surface area contributed by atoms with Crippen LogP contribution in [0.25, 0.3) is 0 Å². The maximum Gasteiger partial charge on any atom is 0.226 e. The van der Waals surface area contributed by atoms with E-state index in [-0.39, 0.29) is 0 Å². The molecule has 0 aromatic rings. The zero-order chi connectivity index (χ0) is 13.6. The van der Waals surface area contributed by atoms with Crippen molar-refractivity contribution in [2.24, 2.45) is 11.3 Å². The minimum Gasteiger partial charge on any atom is -0.334 e.